The molecule has 0 amide bonds. The van der Waals surface area contributed by atoms with Crippen molar-refractivity contribution >= 4 is 29.2 Å². The Kier molecular flexibility index (Phi) is 4.07. The van der Waals surface area contributed by atoms with Crippen LogP contribution in [0, 0.1) is 10.1 Å². The number of nitro groups is 1. The van der Waals surface area contributed by atoms with Gasteiger partial charge < -0.3 is 0 Å². The van der Waals surface area contributed by atoms with Crippen LogP contribution in [-0.2, 0) is 0 Å². The van der Waals surface area contributed by atoms with Crippen molar-refractivity contribution in [3.05, 3.63) is 98.6 Å². The molecule has 0 atom stereocenters. The van der Waals surface area contributed by atoms with Gasteiger partial charge in [-0.25, -0.2) is 0 Å². The summed E-state index contributed by atoms with van der Waals surface area (Å²) in [6.45, 7) is 0. The quantitative estimate of drug-likeness (QED) is 0.289. The Bertz CT molecular complexity index is 1040. The van der Waals surface area contributed by atoms with Crippen LogP contribution in [0.4, 0.5) is 5.69 Å². The molecule has 4 rings (SSSR count). The van der Waals surface area contributed by atoms with Crippen LogP contribution in [0.2, 0.25) is 5.02 Å². The zero-order valence-corrected chi connectivity index (χ0v) is 14.2. The smallest absolute Gasteiger partial charge is 0.258 e. The van der Waals surface area contributed by atoms with Crippen molar-refractivity contribution in [3.63, 3.8) is 0 Å². The fourth-order valence-corrected chi connectivity index (χ4v) is 3.23. The van der Waals surface area contributed by atoms with Gasteiger partial charge in [0.25, 0.3) is 5.69 Å². The first-order valence-electron chi connectivity index (χ1n) is 7.89. The predicted molar refractivity (Wildman–Crippen MR) is 103 cm³/mol. The summed E-state index contributed by atoms with van der Waals surface area (Å²) in [6.07, 6.45) is 1.36. The molecule has 0 fully saturated rings. The molecule has 6 heteroatoms. The lowest BCUT2D eigenvalue weighted by atomic mass is 10.1. The van der Waals surface area contributed by atoms with Crippen LogP contribution < -0.4 is 0 Å². The molecular weight excluding hydrogens is 350 g/mol. The van der Waals surface area contributed by atoms with E-state index in [0.717, 1.165) is 28.0 Å². The minimum absolute atomic E-state index is 0.0643. The second-order valence-corrected chi connectivity index (χ2v) is 6.18. The minimum atomic E-state index is -0.467. The second-order valence-electron chi connectivity index (χ2n) is 5.74. The van der Waals surface area contributed by atoms with E-state index in [1.165, 1.54) is 24.4 Å². The van der Waals surface area contributed by atoms with Gasteiger partial charge >= 0.3 is 0 Å². The molecule has 0 heterocycles. The summed E-state index contributed by atoms with van der Waals surface area (Å²) < 4.78 is 0. The van der Waals surface area contributed by atoms with E-state index in [1.54, 1.807) is 0 Å². The summed E-state index contributed by atoms with van der Waals surface area (Å²) >= 11 is 5.94. The van der Waals surface area contributed by atoms with E-state index < -0.39 is 4.92 Å². The Balaban J connectivity index is 1.78. The van der Waals surface area contributed by atoms with E-state index in [2.05, 4.69) is 10.2 Å². The van der Waals surface area contributed by atoms with Crippen molar-refractivity contribution < 1.29 is 4.92 Å². The molecule has 1 aliphatic rings. The number of nitro benzene ring substituents is 1. The van der Waals surface area contributed by atoms with Crippen molar-refractivity contribution in [1.29, 1.82) is 0 Å². The van der Waals surface area contributed by atoms with Gasteiger partial charge in [0.2, 0.25) is 0 Å². The zero-order chi connectivity index (χ0) is 18.1. The topological polar surface area (TPSA) is 67.9 Å². The number of halogens is 1. The third-order valence-corrected chi connectivity index (χ3v) is 4.43. The zero-order valence-electron chi connectivity index (χ0n) is 13.5. The molecule has 126 valence electrons. The lowest BCUT2D eigenvalue weighted by molar-refractivity contribution is -0.385. The van der Waals surface area contributed by atoms with Crippen LogP contribution in [0.5, 0.6) is 0 Å². The maximum Gasteiger partial charge on any atom is 0.278 e. The maximum atomic E-state index is 11.1. The van der Waals surface area contributed by atoms with Gasteiger partial charge in [-0.1, -0.05) is 60.1 Å². The van der Waals surface area contributed by atoms with E-state index in [-0.39, 0.29) is 5.69 Å². The largest absolute Gasteiger partial charge is 0.278 e. The van der Waals surface area contributed by atoms with Gasteiger partial charge in [-0.2, -0.15) is 5.10 Å². The first-order valence-corrected chi connectivity index (χ1v) is 8.27. The standard InChI is InChI=1S/C20H12ClN3O2/c21-14-9-10-19(24(25)26)13(11-14)12-22-23-20-17-7-3-1-5-15(17)16-6-2-4-8-18(16)20/h1-12H/b22-12-. The predicted octanol–water partition coefficient (Wildman–Crippen LogP) is 5.10. The Morgan fingerprint density at radius 2 is 1.46 bits per heavy atom. The molecule has 3 aromatic rings. The van der Waals surface area contributed by atoms with Gasteiger partial charge in [0.15, 0.2) is 0 Å². The summed E-state index contributed by atoms with van der Waals surface area (Å²) in [7, 11) is 0. The molecule has 0 bridgehead atoms. The van der Waals surface area contributed by atoms with E-state index in [1.807, 2.05) is 48.5 Å². The van der Waals surface area contributed by atoms with Crippen LogP contribution in [-0.4, -0.2) is 16.8 Å². The Labute approximate surface area is 154 Å². The molecule has 3 aromatic carbocycles. The Morgan fingerprint density at radius 3 is 2.04 bits per heavy atom. The number of benzene rings is 3. The van der Waals surface area contributed by atoms with Crippen molar-refractivity contribution in [2.24, 2.45) is 10.2 Å². The minimum Gasteiger partial charge on any atom is -0.258 e. The maximum absolute atomic E-state index is 11.1. The highest BCUT2D eigenvalue weighted by molar-refractivity contribution is 6.31. The van der Waals surface area contributed by atoms with Gasteiger partial charge in [-0.3, -0.25) is 10.1 Å². The highest BCUT2D eigenvalue weighted by Crippen LogP contribution is 2.36. The first-order chi connectivity index (χ1) is 12.6. The first kappa shape index (κ1) is 16.2. The van der Waals surface area contributed by atoms with Crippen LogP contribution in [0.25, 0.3) is 11.1 Å². The molecule has 0 radical (unpaired) electrons. The second kappa shape index (κ2) is 6.54. The number of rotatable bonds is 3. The molecule has 0 N–H and O–H groups in total. The molecule has 1 aliphatic carbocycles. The molecule has 5 nitrogen and oxygen atoms in total. The number of hydrogen-bond acceptors (Lipinski definition) is 4. The molecular formula is C20H12ClN3O2. The van der Waals surface area contributed by atoms with Crippen LogP contribution >= 0.6 is 11.6 Å². The third kappa shape index (κ3) is 2.78. The molecule has 26 heavy (non-hydrogen) atoms. The van der Waals surface area contributed by atoms with Gasteiger partial charge in [0, 0.05) is 22.2 Å². The highest BCUT2D eigenvalue weighted by Gasteiger charge is 2.23. The van der Waals surface area contributed by atoms with Gasteiger partial charge in [0.1, 0.15) is 5.71 Å². The van der Waals surface area contributed by atoms with Crippen molar-refractivity contribution in [2.75, 3.05) is 0 Å². The van der Waals surface area contributed by atoms with Crippen molar-refractivity contribution in [1.82, 2.24) is 0 Å². The van der Waals surface area contributed by atoms with Crippen LogP contribution in [0.3, 0.4) is 0 Å². The average Bonchev–Trinajstić information content (AvgIpc) is 2.96. The van der Waals surface area contributed by atoms with Gasteiger partial charge in [0.05, 0.1) is 16.7 Å². The fourth-order valence-electron chi connectivity index (χ4n) is 3.05. The third-order valence-electron chi connectivity index (χ3n) is 4.20. The van der Waals surface area contributed by atoms with Gasteiger partial charge in [-0.15, -0.1) is 5.10 Å². The van der Waals surface area contributed by atoms with E-state index in [4.69, 9.17) is 11.6 Å². The summed E-state index contributed by atoms with van der Waals surface area (Å²) in [5, 5.41) is 20.0. The number of nitrogens with zero attached hydrogens (tertiary/aromatic N) is 3. The normalized spacial score (nSPS) is 12.1. The van der Waals surface area contributed by atoms with E-state index in [0.29, 0.717) is 10.6 Å². The lowest BCUT2D eigenvalue weighted by Gasteiger charge is -1.99. The van der Waals surface area contributed by atoms with Crippen LogP contribution in [0.15, 0.2) is 76.9 Å². The molecule has 0 saturated carbocycles. The molecule has 0 aromatic heterocycles. The van der Waals surface area contributed by atoms with Crippen LogP contribution in [0.1, 0.15) is 16.7 Å². The average molecular weight is 362 g/mol. The molecule has 0 spiro atoms. The Hall–Kier alpha value is -3.31. The van der Waals surface area contributed by atoms with Crippen molar-refractivity contribution in [3.8, 4) is 11.1 Å². The SMILES string of the molecule is O=[N+]([O-])c1ccc(Cl)cc1/C=N\N=C1c2ccccc2-c2ccccc21. The summed E-state index contributed by atoms with van der Waals surface area (Å²) in [5.74, 6) is 0. The lowest BCUT2D eigenvalue weighted by Crippen LogP contribution is -1.98. The Morgan fingerprint density at radius 1 is 0.885 bits per heavy atom. The highest BCUT2D eigenvalue weighted by atomic mass is 35.5. The molecule has 0 saturated heterocycles. The summed E-state index contributed by atoms with van der Waals surface area (Å²) in [4.78, 5) is 10.7. The number of fused-ring (bicyclic) bond motifs is 3. The fraction of sp³-hybridized carbons (Fsp3) is 0. The van der Waals surface area contributed by atoms with E-state index >= 15 is 0 Å². The van der Waals surface area contributed by atoms with E-state index in [9.17, 15) is 10.1 Å². The monoisotopic (exact) mass is 361 g/mol. The summed E-state index contributed by atoms with van der Waals surface area (Å²) in [6, 6.07) is 20.3. The molecule has 0 unspecified atom stereocenters. The van der Waals surface area contributed by atoms with Crippen molar-refractivity contribution in [2.45, 2.75) is 0 Å². The number of hydrogen-bond donors (Lipinski definition) is 0. The summed E-state index contributed by atoms with van der Waals surface area (Å²) in [5.41, 5.74) is 5.18. The molecule has 0 aliphatic heterocycles. The van der Waals surface area contributed by atoms with Gasteiger partial charge in [-0.05, 0) is 23.3 Å².